The summed E-state index contributed by atoms with van der Waals surface area (Å²) in [6.45, 7) is 4.99. The van der Waals surface area contributed by atoms with Gasteiger partial charge in [-0.25, -0.2) is 4.79 Å². The van der Waals surface area contributed by atoms with Gasteiger partial charge in [0.2, 0.25) is 0 Å². The monoisotopic (exact) mass is 296 g/mol. The topological polar surface area (TPSA) is 54.0 Å². The van der Waals surface area contributed by atoms with Gasteiger partial charge in [-0.05, 0) is 12.0 Å². The molecule has 1 rings (SSSR count). The van der Waals surface area contributed by atoms with Gasteiger partial charge in [0, 0.05) is 6.61 Å². The van der Waals surface area contributed by atoms with Crippen LogP contribution in [0.1, 0.15) is 18.9 Å². The summed E-state index contributed by atoms with van der Waals surface area (Å²) in [5.41, 5.74) is 0.960. The smallest absolute Gasteiger partial charge is 0.332 e. The molecule has 0 N–H and O–H groups in total. The van der Waals surface area contributed by atoms with E-state index in [0.717, 1.165) is 18.6 Å². The predicted molar refractivity (Wildman–Crippen MR) is 79.0 cm³/mol. The minimum Gasteiger partial charge on any atom is -0.459 e. The van der Waals surface area contributed by atoms with Gasteiger partial charge in [-0.2, -0.15) is 0 Å². The van der Waals surface area contributed by atoms with E-state index in [0.29, 0.717) is 26.4 Å². The molecule has 0 bridgehead atoms. The number of carbonyl (C=O) groups is 1. The van der Waals surface area contributed by atoms with E-state index >= 15 is 0 Å². The number of hydrogen-bond acceptors (Lipinski definition) is 5. The van der Waals surface area contributed by atoms with Gasteiger partial charge in [-0.1, -0.05) is 37.3 Å². The Labute approximate surface area is 126 Å². The molecule has 0 aliphatic heterocycles. The van der Waals surface area contributed by atoms with Crippen molar-refractivity contribution >= 4 is 5.97 Å². The van der Waals surface area contributed by atoms with Crippen molar-refractivity contribution in [2.24, 2.45) is 0 Å². The Morgan fingerprint density at radius 2 is 1.52 bits per heavy atom. The van der Waals surface area contributed by atoms with Crippen LogP contribution < -0.4 is 0 Å². The Balaban J connectivity index is 1.89. The highest BCUT2D eigenvalue weighted by Gasteiger charge is 2.03. The molecular weight excluding hydrogens is 272 g/mol. The summed E-state index contributed by atoms with van der Waals surface area (Å²) in [4.78, 5) is 11.4. The van der Waals surface area contributed by atoms with E-state index in [-0.39, 0.29) is 19.2 Å². The minimum atomic E-state index is -0.370. The zero-order valence-electron chi connectivity index (χ0n) is 12.6. The average Bonchev–Trinajstić information content (AvgIpc) is 2.52. The highest BCUT2D eigenvalue weighted by atomic mass is 16.6. The van der Waals surface area contributed by atoms with Crippen LogP contribution in [0.5, 0.6) is 0 Å². The number of esters is 1. The van der Waals surface area contributed by atoms with Crippen molar-refractivity contribution < 1.29 is 23.7 Å². The molecule has 0 aromatic heterocycles. The van der Waals surface area contributed by atoms with E-state index in [2.05, 4.69) is 6.92 Å². The van der Waals surface area contributed by atoms with Crippen molar-refractivity contribution in [2.75, 3.05) is 39.6 Å². The van der Waals surface area contributed by atoms with Crippen molar-refractivity contribution in [3.05, 3.63) is 35.9 Å². The number of hydrogen-bond donors (Lipinski definition) is 0. The number of carbonyl (C=O) groups excluding carboxylic acids is 1. The molecule has 0 amide bonds. The highest BCUT2D eigenvalue weighted by Crippen LogP contribution is 2.00. The first kappa shape index (κ1) is 17.6. The molecule has 0 unspecified atom stereocenters. The fourth-order valence-corrected chi connectivity index (χ4v) is 1.52. The van der Waals surface area contributed by atoms with Crippen molar-refractivity contribution in [2.45, 2.75) is 20.0 Å². The van der Waals surface area contributed by atoms with Gasteiger partial charge in [0.1, 0.15) is 13.2 Å². The largest absolute Gasteiger partial charge is 0.459 e. The third-order valence-corrected chi connectivity index (χ3v) is 2.56. The molecule has 0 aliphatic rings. The summed E-state index contributed by atoms with van der Waals surface area (Å²) in [7, 11) is 0. The summed E-state index contributed by atoms with van der Waals surface area (Å²) in [6.07, 6.45) is 1.01. The van der Waals surface area contributed by atoms with E-state index in [1.807, 2.05) is 30.3 Å². The van der Waals surface area contributed by atoms with Gasteiger partial charge in [0.15, 0.2) is 0 Å². The zero-order valence-corrected chi connectivity index (χ0v) is 12.6. The molecule has 1 aromatic rings. The van der Waals surface area contributed by atoms with Gasteiger partial charge < -0.3 is 18.9 Å². The van der Waals surface area contributed by atoms with Crippen molar-refractivity contribution in [1.82, 2.24) is 0 Å². The molecule has 5 heteroatoms. The molecule has 118 valence electrons. The van der Waals surface area contributed by atoms with E-state index in [1.54, 1.807) is 0 Å². The fraction of sp³-hybridized carbons (Fsp3) is 0.562. The van der Waals surface area contributed by atoms with Crippen LogP contribution in [0.4, 0.5) is 0 Å². The van der Waals surface area contributed by atoms with Gasteiger partial charge in [-0.3, -0.25) is 0 Å². The molecule has 0 saturated heterocycles. The Bertz CT molecular complexity index is 366. The second-order valence-electron chi connectivity index (χ2n) is 4.42. The maximum absolute atomic E-state index is 11.4. The van der Waals surface area contributed by atoms with E-state index in [9.17, 15) is 4.79 Å². The molecule has 0 saturated carbocycles. The van der Waals surface area contributed by atoms with Crippen LogP contribution in [0.2, 0.25) is 0 Å². The molecule has 0 atom stereocenters. The average molecular weight is 296 g/mol. The fourth-order valence-electron chi connectivity index (χ4n) is 1.52. The van der Waals surface area contributed by atoms with E-state index in [4.69, 9.17) is 18.9 Å². The summed E-state index contributed by atoms with van der Waals surface area (Å²) in [6, 6.07) is 9.54. The van der Waals surface area contributed by atoms with E-state index in [1.165, 1.54) is 0 Å². The van der Waals surface area contributed by atoms with Crippen LogP contribution in [-0.2, 0) is 30.3 Å². The lowest BCUT2D eigenvalue weighted by atomic mass is 10.2. The molecule has 0 heterocycles. The molecule has 5 nitrogen and oxygen atoms in total. The second kappa shape index (κ2) is 12.3. The van der Waals surface area contributed by atoms with Gasteiger partial charge in [0.05, 0.1) is 26.4 Å². The van der Waals surface area contributed by atoms with Gasteiger partial charge >= 0.3 is 5.97 Å². The van der Waals surface area contributed by atoms with Crippen LogP contribution in [0.3, 0.4) is 0 Å². The third kappa shape index (κ3) is 10.0. The van der Waals surface area contributed by atoms with Gasteiger partial charge in [-0.15, -0.1) is 0 Å². The third-order valence-electron chi connectivity index (χ3n) is 2.56. The first-order chi connectivity index (χ1) is 10.3. The lowest BCUT2D eigenvalue weighted by Crippen LogP contribution is -2.16. The molecule has 0 spiro atoms. The zero-order chi connectivity index (χ0) is 15.2. The van der Waals surface area contributed by atoms with Crippen molar-refractivity contribution in [1.29, 1.82) is 0 Å². The lowest BCUT2D eigenvalue weighted by molar-refractivity contribution is -0.150. The van der Waals surface area contributed by atoms with Crippen LogP contribution in [-0.4, -0.2) is 45.6 Å². The standard InChI is InChI=1S/C16H24O5/c1-2-8-18-9-10-19-11-12-20-14-16(17)21-13-15-6-4-3-5-7-15/h3-7H,2,8-14H2,1H3. The van der Waals surface area contributed by atoms with Gasteiger partial charge in [0.25, 0.3) is 0 Å². The van der Waals surface area contributed by atoms with E-state index < -0.39 is 0 Å². The summed E-state index contributed by atoms with van der Waals surface area (Å²) >= 11 is 0. The Kier molecular flexibility index (Phi) is 10.3. The lowest BCUT2D eigenvalue weighted by Gasteiger charge is -2.07. The first-order valence-corrected chi connectivity index (χ1v) is 7.25. The Morgan fingerprint density at radius 3 is 2.19 bits per heavy atom. The molecular formula is C16H24O5. The molecule has 1 aromatic carbocycles. The Hall–Kier alpha value is -1.43. The first-order valence-electron chi connectivity index (χ1n) is 7.25. The van der Waals surface area contributed by atoms with Crippen LogP contribution in [0.25, 0.3) is 0 Å². The highest BCUT2D eigenvalue weighted by molar-refractivity contribution is 5.70. The molecule has 21 heavy (non-hydrogen) atoms. The summed E-state index contributed by atoms with van der Waals surface area (Å²) < 4.78 is 20.8. The van der Waals surface area contributed by atoms with Crippen LogP contribution >= 0.6 is 0 Å². The van der Waals surface area contributed by atoms with Crippen LogP contribution in [0.15, 0.2) is 30.3 Å². The summed E-state index contributed by atoms with van der Waals surface area (Å²) in [5, 5.41) is 0. The minimum absolute atomic E-state index is 0.0530. The summed E-state index contributed by atoms with van der Waals surface area (Å²) in [5.74, 6) is -0.370. The Morgan fingerprint density at radius 1 is 0.905 bits per heavy atom. The quantitative estimate of drug-likeness (QED) is 0.437. The molecule has 0 fully saturated rings. The molecule has 0 radical (unpaired) electrons. The SMILES string of the molecule is CCCOCCOCCOCC(=O)OCc1ccccc1. The number of rotatable bonds is 12. The maximum atomic E-state index is 11.4. The predicted octanol–water partition coefficient (Wildman–Crippen LogP) is 2.19. The second-order valence-corrected chi connectivity index (χ2v) is 4.42. The van der Waals surface area contributed by atoms with Crippen molar-refractivity contribution in [3.63, 3.8) is 0 Å². The normalized spacial score (nSPS) is 10.5. The van der Waals surface area contributed by atoms with Crippen LogP contribution in [0, 0.1) is 0 Å². The number of benzene rings is 1. The maximum Gasteiger partial charge on any atom is 0.332 e. The van der Waals surface area contributed by atoms with Crippen molar-refractivity contribution in [3.8, 4) is 0 Å². The number of ether oxygens (including phenoxy) is 4. The molecule has 0 aliphatic carbocycles.